The van der Waals surface area contributed by atoms with Crippen molar-refractivity contribution in [2.24, 2.45) is 5.92 Å². The van der Waals surface area contributed by atoms with Crippen molar-refractivity contribution in [3.63, 3.8) is 0 Å². The fourth-order valence-electron chi connectivity index (χ4n) is 1.62. The summed E-state index contributed by atoms with van der Waals surface area (Å²) >= 11 is 0. The van der Waals surface area contributed by atoms with Crippen LogP contribution in [-0.2, 0) is 19.0 Å². The molecule has 15 heavy (non-hydrogen) atoms. The molecule has 2 aliphatic rings. The molecule has 0 aromatic carbocycles. The summed E-state index contributed by atoms with van der Waals surface area (Å²) in [5.41, 5.74) is 0. The van der Waals surface area contributed by atoms with Crippen molar-refractivity contribution >= 4 is 5.78 Å². The van der Waals surface area contributed by atoms with E-state index >= 15 is 0 Å². The number of hydrogen-bond acceptors (Lipinski definition) is 4. The zero-order valence-corrected chi connectivity index (χ0v) is 9.11. The van der Waals surface area contributed by atoms with Crippen LogP contribution in [0.5, 0.6) is 0 Å². The van der Waals surface area contributed by atoms with Crippen LogP contribution in [0, 0.1) is 5.92 Å². The van der Waals surface area contributed by atoms with Crippen LogP contribution in [0.15, 0.2) is 0 Å². The molecule has 4 heteroatoms. The van der Waals surface area contributed by atoms with Gasteiger partial charge in [0.25, 0.3) is 0 Å². The van der Waals surface area contributed by atoms with Crippen molar-refractivity contribution in [3.05, 3.63) is 0 Å². The molecule has 0 N–H and O–H groups in total. The largest absolute Gasteiger partial charge is 0.382 e. The van der Waals surface area contributed by atoms with Gasteiger partial charge >= 0.3 is 0 Å². The number of hydrogen-bond donors (Lipinski definition) is 0. The molecular weight excluding hydrogens is 196 g/mol. The van der Waals surface area contributed by atoms with E-state index in [9.17, 15) is 4.79 Å². The minimum atomic E-state index is -0.334. The van der Waals surface area contributed by atoms with Gasteiger partial charge in [-0.15, -0.1) is 0 Å². The monoisotopic (exact) mass is 214 g/mol. The molecule has 0 aromatic heterocycles. The zero-order valence-electron chi connectivity index (χ0n) is 9.11. The third-order valence-corrected chi connectivity index (χ3v) is 2.89. The van der Waals surface area contributed by atoms with E-state index in [1.54, 1.807) is 7.11 Å². The molecule has 0 saturated heterocycles. The maximum Gasteiger partial charge on any atom is 0.166 e. The second kappa shape index (κ2) is 5.05. The van der Waals surface area contributed by atoms with Gasteiger partial charge in [-0.05, 0) is 18.8 Å². The Labute approximate surface area is 89.9 Å². The van der Waals surface area contributed by atoms with E-state index in [0.29, 0.717) is 19.6 Å². The van der Waals surface area contributed by atoms with Gasteiger partial charge in [0, 0.05) is 20.1 Å². The fourth-order valence-corrected chi connectivity index (χ4v) is 1.62. The Hall–Kier alpha value is -0.450. The van der Waals surface area contributed by atoms with Gasteiger partial charge in [-0.2, -0.15) is 0 Å². The molecule has 86 valence electrons. The molecule has 0 radical (unpaired) electrons. The molecule has 0 aliphatic heterocycles. The summed E-state index contributed by atoms with van der Waals surface area (Å²) in [4.78, 5) is 11.2. The molecule has 0 aromatic rings. The molecule has 0 bridgehead atoms. The lowest BCUT2D eigenvalue weighted by Gasteiger charge is -2.34. The van der Waals surface area contributed by atoms with Crippen LogP contribution in [0.3, 0.4) is 0 Å². The van der Waals surface area contributed by atoms with Crippen molar-refractivity contribution in [2.45, 2.75) is 31.5 Å². The maximum atomic E-state index is 11.2. The molecule has 2 aliphatic carbocycles. The van der Waals surface area contributed by atoms with E-state index in [1.165, 1.54) is 12.8 Å². The van der Waals surface area contributed by atoms with E-state index in [4.69, 9.17) is 14.2 Å². The van der Waals surface area contributed by atoms with Crippen molar-refractivity contribution in [3.8, 4) is 0 Å². The molecule has 0 spiro atoms. The lowest BCUT2D eigenvalue weighted by molar-refractivity contribution is -0.168. The average molecular weight is 214 g/mol. The Morgan fingerprint density at radius 3 is 2.67 bits per heavy atom. The summed E-state index contributed by atoms with van der Waals surface area (Å²) in [5, 5.41) is 0. The van der Waals surface area contributed by atoms with E-state index in [-0.39, 0.29) is 18.0 Å². The molecule has 2 unspecified atom stereocenters. The number of methoxy groups -OCH3 is 1. The van der Waals surface area contributed by atoms with Crippen LogP contribution in [0.1, 0.15) is 19.3 Å². The predicted molar refractivity (Wildman–Crippen MR) is 53.7 cm³/mol. The highest BCUT2D eigenvalue weighted by Gasteiger charge is 2.42. The fraction of sp³-hybridized carbons (Fsp3) is 0.909. The van der Waals surface area contributed by atoms with Crippen molar-refractivity contribution in [2.75, 3.05) is 26.9 Å². The number of carbonyl (C=O) groups excluding carboxylic acids is 1. The second-order valence-electron chi connectivity index (χ2n) is 4.27. The quantitative estimate of drug-likeness (QED) is 0.588. The third-order valence-electron chi connectivity index (χ3n) is 2.89. The Kier molecular flexibility index (Phi) is 3.72. The van der Waals surface area contributed by atoms with E-state index < -0.39 is 0 Å². The minimum Gasteiger partial charge on any atom is -0.382 e. The molecule has 0 heterocycles. The Morgan fingerprint density at radius 1 is 1.27 bits per heavy atom. The van der Waals surface area contributed by atoms with Crippen LogP contribution in [0.4, 0.5) is 0 Å². The molecule has 2 rings (SSSR count). The smallest absolute Gasteiger partial charge is 0.166 e. The van der Waals surface area contributed by atoms with Gasteiger partial charge in [-0.1, -0.05) is 0 Å². The topological polar surface area (TPSA) is 44.8 Å². The average Bonchev–Trinajstić information content (AvgIpc) is 3.02. The zero-order chi connectivity index (χ0) is 10.7. The first kappa shape index (κ1) is 11.0. The number of carbonyl (C=O) groups is 1. The molecular formula is C11H18O4. The highest BCUT2D eigenvalue weighted by atomic mass is 16.6. The van der Waals surface area contributed by atoms with Crippen LogP contribution in [-0.4, -0.2) is 44.9 Å². The van der Waals surface area contributed by atoms with E-state index in [1.807, 2.05) is 0 Å². The first-order valence-electron chi connectivity index (χ1n) is 5.56. The SMILES string of the molecule is COCCOC1C(=O)CC1OCC1CC1. The first-order chi connectivity index (χ1) is 7.31. The maximum absolute atomic E-state index is 11.2. The van der Waals surface area contributed by atoms with Crippen molar-refractivity contribution in [1.29, 1.82) is 0 Å². The number of rotatable bonds is 7. The minimum absolute atomic E-state index is 0.00467. The number of ketones is 1. The second-order valence-corrected chi connectivity index (χ2v) is 4.27. The summed E-state index contributed by atoms with van der Waals surface area (Å²) < 4.78 is 15.9. The van der Waals surface area contributed by atoms with Gasteiger partial charge in [0.1, 0.15) is 6.10 Å². The van der Waals surface area contributed by atoms with Crippen molar-refractivity contribution in [1.82, 2.24) is 0 Å². The van der Waals surface area contributed by atoms with Crippen molar-refractivity contribution < 1.29 is 19.0 Å². The summed E-state index contributed by atoms with van der Waals surface area (Å²) in [7, 11) is 1.62. The summed E-state index contributed by atoms with van der Waals surface area (Å²) in [5.74, 6) is 0.896. The van der Waals surface area contributed by atoms with Gasteiger partial charge in [0.2, 0.25) is 0 Å². The number of Topliss-reactive ketones (excluding diaryl/α,β-unsaturated/α-hetero) is 1. The highest BCUT2D eigenvalue weighted by Crippen LogP contribution is 2.31. The van der Waals surface area contributed by atoms with Gasteiger partial charge in [0.15, 0.2) is 5.78 Å². The third kappa shape index (κ3) is 3.00. The van der Waals surface area contributed by atoms with Crippen LogP contribution < -0.4 is 0 Å². The molecule has 0 amide bonds. The summed E-state index contributed by atoms with van der Waals surface area (Å²) in [6, 6.07) is 0. The molecule has 4 nitrogen and oxygen atoms in total. The normalized spacial score (nSPS) is 30.3. The molecule has 2 saturated carbocycles. The Bertz CT molecular complexity index is 225. The molecule has 2 fully saturated rings. The lowest BCUT2D eigenvalue weighted by Crippen LogP contribution is -2.51. The summed E-state index contributed by atoms with van der Waals surface area (Å²) in [6.45, 7) is 1.79. The van der Waals surface area contributed by atoms with Crippen LogP contribution >= 0.6 is 0 Å². The van der Waals surface area contributed by atoms with Gasteiger partial charge in [0.05, 0.1) is 19.3 Å². The Balaban J connectivity index is 1.63. The highest BCUT2D eigenvalue weighted by molar-refractivity contribution is 5.90. The van der Waals surface area contributed by atoms with Crippen LogP contribution in [0.25, 0.3) is 0 Å². The lowest BCUT2D eigenvalue weighted by atomic mass is 9.90. The summed E-state index contributed by atoms with van der Waals surface area (Å²) in [6.07, 6.45) is 2.73. The first-order valence-corrected chi connectivity index (χ1v) is 5.56. The van der Waals surface area contributed by atoms with Gasteiger partial charge in [-0.25, -0.2) is 0 Å². The Morgan fingerprint density at radius 2 is 2.07 bits per heavy atom. The number of ether oxygens (including phenoxy) is 3. The van der Waals surface area contributed by atoms with Gasteiger partial charge in [-0.3, -0.25) is 4.79 Å². The standard InChI is InChI=1S/C11H18O4/c1-13-4-5-14-11-9(12)6-10(11)15-7-8-2-3-8/h8,10-11H,2-7H2,1H3. The predicted octanol–water partition coefficient (Wildman–Crippen LogP) is 0.786. The van der Waals surface area contributed by atoms with E-state index in [0.717, 1.165) is 12.5 Å². The van der Waals surface area contributed by atoms with Gasteiger partial charge < -0.3 is 14.2 Å². The van der Waals surface area contributed by atoms with Crippen LogP contribution in [0.2, 0.25) is 0 Å². The van der Waals surface area contributed by atoms with E-state index in [2.05, 4.69) is 0 Å². The molecule has 2 atom stereocenters.